The molecular formula is C24H30N2O2. The molecule has 2 aromatic rings. The van der Waals surface area contributed by atoms with E-state index >= 15 is 0 Å². The molecule has 2 amide bonds. The highest BCUT2D eigenvalue weighted by Gasteiger charge is 2.28. The predicted octanol–water partition coefficient (Wildman–Crippen LogP) is 3.97. The summed E-state index contributed by atoms with van der Waals surface area (Å²) < 4.78 is 0. The molecule has 0 aromatic heterocycles. The first-order valence-electron chi connectivity index (χ1n) is 10.2. The van der Waals surface area contributed by atoms with Crippen molar-refractivity contribution in [2.75, 3.05) is 13.1 Å². The summed E-state index contributed by atoms with van der Waals surface area (Å²) in [6.07, 6.45) is 2.22. The Morgan fingerprint density at radius 1 is 0.929 bits per heavy atom. The zero-order chi connectivity index (χ0) is 19.9. The Balaban J connectivity index is 1.65. The summed E-state index contributed by atoms with van der Waals surface area (Å²) in [7, 11) is 0. The van der Waals surface area contributed by atoms with Crippen molar-refractivity contribution in [3.63, 3.8) is 0 Å². The van der Waals surface area contributed by atoms with E-state index in [-0.39, 0.29) is 23.8 Å². The normalized spacial score (nSPS) is 15.1. The van der Waals surface area contributed by atoms with Crippen molar-refractivity contribution in [1.29, 1.82) is 0 Å². The van der Waals surface area contributed by atoms with Gasteiger partial charge in [-0.3, -0.25) is 9.59 Å². The first-order chi connectivity index (χ1) is 13.5. The quantitative estimate of drug-likeness (QED) is 0.827. The number of rotatable bonds is 6. The van der Waals surface area contributed by atoms with Gasteiger partial charge in [-0.05, 0) is 29.9 Å². The molecule has 0 radical (unpaired) electrons. The van der Waals surface area contributed by atoms with Crippen LogP contribution in [0.15, 0.2) is 60.7 Å². The van der Waals surface area contributed by atoms with Gasteiger partial charge in [0.15, 0.2) is 0 Å². The lowest BCUT2D eigenvalue weighted by Crippen LogP contribution is -2.47. The molecule has 1 N–H and O–H groups in total. The molecule has 3 rings (SSSR count). The number of likely N-dealkylation sites (tertiary alicyclic amines) is 1. The molecule has 1 saturated heterocycles. The lowest BCUT2D eigenvalue weighted by Gasteiger charge is -2.33. The second kappa shape index (κ2) is 9.54. The molecule has 0 aliphatic carbocycles. The van der Waals surface area contributed by atoms with E-state index in [9.17, 15) is 9.59 Å². The molecule has 1 fully saturated rings. The molecule has 1 heterocycles. The van der Waals surface area contributed by atoms with Crippen molar-refractivity contribution in [1.82, 2.24) is 10.2 Å². The molecule has 4 heteroatoms. The van der Waals surface area contributed by atoms with E-state index < -0.39 is 0 Å². The molecule has 1 aliphatic heterocycles. The maximum atomic E-state index is 13.2. The van der Waals surface area contributed by atoms with Gasteiger partial charge in [-0.15, -0.1) is 0 Å². The molecule has 0 saturated carbocycles. The number of hydrogen-bond acceptors (Lipinski definition) is 2. The summed E-state index contributed by atoms with van der Waals surface area (Å²) in [5.74, 6) is 0.320. The van der Waals surface area contributed by atoms with Crippen LogP contribution in [0.5, 0.6) is 0 Å². The molecule has 28 heavy (non-hydrogen) atoms. The third kappa shape index (κ3) is 5.22. The van der Waals surface area contributed by atoms with Gasteiger partial charge in [0, 0.05) is 25.6 Å². The Morgan fingerprint density at radius 3 is 1.89 bits per heavy atom. The molecular weight excluding hydrogens is 348 g/mol. The van der Waals surface area contributed by atoms with Crippen molar-refractivity contribution in [2.24, 2.45) is 5.92 Å². The SMILES string of the molecule is CC(C)CC(=O)N1CCC(NC(=O)C(c2ccccc2)c2ccccc2)CC1. The number of carbonyl (C=O) groups excluding carboxylic acids is 2. The van der Waals surface area contributed by atoms with Crippen molar-refractivity contribution in [3.8, 4) is 0 Å². The fraction of sp³-hybridized carbons (Fsp3) is 0.417. The summed E-state index contributed by atoms with van der Waals surface area (Å²) in [4.78, 5) is 27.4. The maximum absolute atomic E-state index is 13.2. The first-order valence-corrected chi connectivity index (χ1v) is 10.2. The average Bonchev–Trinajstić information content (AvgIpc) is 2.70. The Hall–Kier alpha value is -2.62. The van der Waals surface area contributed by atoms with Gasteiger partial charge in [0.2, 0.25) is 11.8 Å². The van der Waals surface area contributed by atoms with Crippen LogP contribution in [0.1, 0.15) is 50.2 Å². The summed E-state index contributed by atoms with van der Waals surface area (Å²) in [6.45, 7) is 5.58. The zero-order valence-corrected chi connectivity index (χ0v) is 16.8. The zero-order valence-electron chi connectivity index (χ0n) is 16.8. The third-order valence-corrected chi connectivity index (χ3v) is 5.30. The van der Waals surface area contributed by atoms with Gasteiger partial charge in [-0.2, -0.15) is 0 Å². The minimum absolute atomic E-state index is 0.0318. The minimum atomic E-state index is -0.317. The number of piperidine rings is 1. The van der Waals surface area contributed by atoms with Crippen LogP contribution in [0.3, 0.4) is 0 Å². The Morgan fingerprint density at radius 2 is 1.43 bits per heavy atom. The van der Waals surface area contributed by atoms with Crippen LogP contribution in [0.25, 0.3) is 0 Å². The Kier molecular flexibility index (Phi) is 6.85. The van der Waals surface area contributed by atoms with Gasteiger partial charge < -0.3 is 10.2 Å². The third-order valence-electron chi connectivity index (χ3n) is 5.30. The van der Waals surface area contributed by atoms with Gasteiger partial charge in [-0.25, -0.2) is 0 Å². The van der Waals surface area contributed by atoms with E-state index in [2.05, 4.69) is 19.2 Å². The van der Waals surface area contributed by atoms with Gasteiger partial charge in [0.05, 0.1) is 5.92 Å². The Bertz CT molecular complexity index is 726. The van der Waals surface area contributed by atoms with Crippen molar-refractivity contribution in [3.05, 3.63) is 71.8 Å². The number of amides is 2. The van der Waals surface area contributed by atoms with E-state index in [1.54, 1.807) is 0 Å². The molecule has 0 atom stereocenters. The lowest BCUT2D eigenvalue weighted by molar-refractivity contribution is -0.133. The number of benzene rings is 2. The van der Waals surface area contributed by atoms with Crippen molar-refractivity contribution < 1.29 is 9.59 Å². The van der Waals surface area contributed by atoms with Crippen molar-refractivity contribution >= 4 is 11.8 Å². The number of carbonyl (C=O) groups is 2. The summed E-state index contributed by atoms with van der Waals surface area (Å²) in [5, 5.41) is 3.24. The molecule has 1 aliphatic rings. The summed E-state index contributed by atoms with van der Waals surface area (Å²) >= 11 is 0. The highest BCUT2D eigenvalue weighted by Crippen LogP contribution is 2.25. The van der Waals surface area contributed by atoms with Crippen LogP contribution in [0.2, 0.25) is 0 Å². The summed E-state index contributed by atoms with van der Waals surface area (Å²) in [6, 6.07) is 19.9. The predicted molar refractivity (Wildman–Crippen MR) is 112 cm³/mol. The molecule has 0 unspecified atom stereocenters. The van der Waals surface area contributed by atoms with Crippen LogP contribution in [-0.4, -0.2) is 35.8 Å². The second-order valence-corrected chi connectivity index (χ2v) is 8.02. The lowest BCUT2D eigenvalue weighted by atomic mass is 9.90. The number of nitrogens with zero attached hydrogens (tertiary/aromatic N) is 1. The first kappa shape index (κ1) is 20.1. The monoisotopic (exact) mass is 378 g/mol. The maximum Gasteiger partial charge on any atom is 0.232 e. The van der Waals surface area contributed by atoms with Gasteiger partial charge in [0.25, 0.3) is 0 Å². The second-order valence-electron chi connectivity index (χ2n) is 8.02. The van der Waals surface area contributed by atoms with E-state index in [1.807, 2.05) is 65.6 Å². The minimum Gasteiger partial charge on any atom is -0.352 e. The van der Waals surface area contributed by atoms with E-state index in [4.69, 9.17) is 0 Å². The molecule has 2 aromatic carbocycles. The Labute approximate surface area is 167 Å². The summed E-state index contributed by atoms with van der Waals surface area (Å²) in [5.41, 5.74) is 1.99. The number of nitrogens with one attached hydrogen (secondary N) is 1. The van der Waals surface area contributed by atoms with Crippen LogP contribution in [-0.2, 0) is 9.59 Å². The van der Waals surface area contributed by atoms with Crippen molar-refractivity contribution in [2.45, 2.75) is 45.1 Å². The van der Waals surface area contributed by atoms with Gasteiger partial charge >= 0.3 is 0 Å². The smallest absolute Gasteiger partial charge is 0.232 e. The highest BCUT2D eigenvalue weighted by molar-refractivity contribution is 5.87. The van der Waals surface area contributed by atoms with Gasteiger partial charge in [0.1, 0.15) is 0 Å². The van der Waals surface area contributed by atoms with Gasteiger partial charge in [-0.1, -0.05) is 74.5 Å². The van der Waals surface area contributed by atoms with E-state index in [0.29, 0.717) is 12.3 Å². The van der Waals surface area contributed by atoms with Crippen LogP contribution in [0.4, 0.5) is 0 Å². The van der Waals surface area contributed by atoms with E-state index in [0.717, 1.165) is 37.1 Å². The van der Waals surface area contributed by atoms with Crippen LogP contribution >= 0.6 is 0 Å². The van der Waals surface area contributed by atoms with E-state index in [1.165, 1.54) is 0 Å². The fourth-order valence-electron chi connectivity index (χ4n) is 3.82. The molecule has 4 nitrogen and oxygen atoms in total. The van der Waals surface area contributed by atoms with Crippen LogP contribution < -0.4 is 5.32 Å². The highest BCUT2D eigenvalue weighted by atomic mass is 16.2. The molecule has 0 spiro atoms. The number of hydrogen-bond donors (Lipinski definition) is 1. The standard InChI is InChI=1S/C24H30N2O2/c1-18(2)17-22(27)26-15-13-21(14-16-26)25-24(28)23(19-9-5-3-6-10-19)20-11-7-4-8-12-20/h3-12,18,21,23H,13-17H2,1-2H3,(H,25,28). The average molecular weight is 379 g/mol. The van der Waals surface area contributed by atoms with Crippen LogP contribution in [0, 0.1) is 5.92 Å². The molecule has 148 valence electrons. The largest absolute Gasteiger partial charge is 0.352 e. The fourth-order valence-corrected chi connectivity index (χ4v) is 3.82. The molecule has 0 bridgehead atoms. The topological polar surface area (TPSA) is 49.4 Å².